The van der Waals surface area contributed by atoms with E-state index in [1.807, 2.05) is 0 Å². The predicted octanol–water partition coefficient (Wildman–Crippen LogP) is 0.757. The summed E-state index contributed by atoms with van der Waals surface area (Å²) >= 11 is 0. The van der Waals surface area contributed by atoms with Crippen molar-refractivity contribution < 1.29 is 13.2 Å². The first kappa shape index (κ1) is 16.4. The molecule has 0 radical (unpaired) electrons. The summed E-state index contributed by atoms with van der Waals surface area (Å²) in [6.07, 6.45) is 7.66. The number of aromatic amines is 1. The van der Waals surface area contributed by atoms with Gasteiger partial charge in [-0.1, -0.05) is 19.3 Å². The van der Waals surface area contributed by atoms with Crippen molar-refractivity contribution in [2.45, 2.75) is 49.8 Å². The van der Waals surface area contributed by atoms with Crippen LogP contribution in [0.3, 0.4) is 0 Å². The highest BCUT2D eigenvalue weighted by Gasteiger charge is 2.20. The van der Waals surface area contributed by atoms with Crippen molar-refractivity contribution in [3.63, 3.8) is 0 Å². The van der Waals surface area contributed by atoms with Crippen LogP contribution in [0, 0.1) is 0 Å². The lowest BCUT2D eigenvalue weighted by molar-refractivity contribution is 0.0321. The van der Waals surface area contributed by atoms with Crippen molar-refractivity contribution in [1.29, 1.82) is 0 Å². The molecule has 0 unspecified atom stereocenters. The van der Waals surface area contributed by atoms with Crippen LogP contribution in [0.15, 0.2) is 11.2 Å². The molecule has 120 valence electrons. The fourth-order valence-electron chi connectivity index (χ4n) is 2.55. The van der Waals surface area contributed by atoms with E-state index < -0.39 is 10.0 Å². The molecule has 1 aromatic rings. The lowest BCUT2D eigenvalue weighted by Crippen LogP contribution is -2.30. The van der Waals surface area contributed by atoms with Gasteiger partial charge in [0.05, 0.1) is 18.9 Å². The number of hydrogen-bond acceptors (Lipinski definition) is 5. The van der Waals surface area contributed by atoms with Gasteiger partial charge >= 0.3 is 0 Å². The van der Waals surface area contributed by atoms with Crippen LogP contribution in [-0.4, -0.2) is 44.9 Å². The lowest BCUT2D eigenvalue weighted by atomic mass is 9.98. The van der Waals surface area contributed by atoms with Crippen LogP contribution >= 0.6 is 0 Å². The van der Waals surface area contributed by atoms with E-state index in [1.165, 1.54) is 25.5 Å². The fourth-order valence-corrected chi connectivity index (χ4v) is 3.69. The van der Waals surface area contributed by atoms with Gasteiger partial charge in [-0.05, 0) is 19.9 Å². The normalized spacial score (nSPS) is 17.2. The van der Waals surface area contributed by atoms with Gasteiger partial charge in [0.15, 0.2) is 5.03 Å². The van der Waals surface area contributed by atoms with Gasteiger partial charge in [-0.3, -0.25) is 5.10 Å². The molecule has 1 heterocycles. The van der Waals surface area contributed by atoms with Gasteiger partial charge in [-0.25, -0.2) is 13.1 Å². The van der Waals surface area contributed by atoms with Crippen LogP contribution in [0.25, 0.3) is 0 Å². The highest BCUT2D eigenvalue weighted by Crippen LogP contribution is 2.20. The quantitative estimate of drug-likeness (QED) is 0.615. The van der Waals surface area contributed by atoms with Crippen LogP contribution in [0.2, 0.25) is 0 Å². The van der Waals surface area contributed by atoms with Gasteiger partial charge in [0.1, 0.15) is 0 Å². The van der Waals surface area contributed by atoms with Crippen molar-refractivity contribution in [2.75, 3.05) is 20.2 Å². The van der Waals surface area contributed by atoms with E-state index >= 15 is 0 Å². The number of aromatic nitrogens is 2. The predicted molar refractivity (Wildman–Crippen MR) is 79.4 cm³/mol. The Morgan fingerprint density at radius 3 is 2.86 bits per heavy atom. The number of H-pyrrole nitrogens is 1. The van der Waals surface area contributed by atoms with Crippen LogP contribution in [-0.2, 0) is 21.3 Å². The summed E-state index contributed by atoms with van der Waals surface area (Å²) < 4.78 is 32.6. The molecule has 21 heavy (non-hydrogen) atoms. The summed E-state index contributed by atoms with van der Waals surface area (Å²) in [6, 6.07) is 0. The van der Waals surface area contributed by atoms with Crippen LogP contribution in [0.1, 0.15) is 37.7 Å². The molecule has 8 heteroatoms. The number of nitrogens with one attached hydrogen (secondary N) is 3. The van der Waals surface area contributed by atoms with Crippen molar-refractivity contribution in [1.82, 2.24) is 20.2 Å². The Morgan fingerprint density at radius 1 is 1.38 bits per heavy atom. The maximum atomic E-state index is 12.2. The second-order valence-corrected chi connectivity index (χ2v) is 6.99. The Hall–Kier alpha value is -0.960. The monoisotopic (exact) mass is 316 g/mol. The highest BCUT2D eigenvalue weighted by atomic mass is 32.2. The molecule has 0 atom stereocenters. The Morgan fingerprint density at radius 2 is 2.14 bits per heavy atom. The van der Waals surface area contributed by atoms with E-state index in [0.717, 1.165) is 12.8 Å². The number of ether oxygens (including phenoxy) is 1. The van der Waals surface area contributed by atoms with Gasteiger partial charge in [-0.15, -0.1) is 0 Å². The fraction of sp³-hybridized carbons (Fsp3) is 0.769. The van der Waals surface area contributed by atoms with E-state index in [0.29, 0.717) is 18.7 Å². The van der Waals surface area contributed by atoms with E-state index in [4.69, 9.17) is 4.74 Å². The van der Waals surface area contributed by atoms with E-state index in [1.54, 1.807) is 7.05 Å². The number of hydrogen-bond donors (Lipinski definition) is 3. The largest absolute Gasteiger partial charge is 0.377 e. The Balaban J connectivity index is 1.79. The first-order valence-electron chi connectivity index (χ1n) is 7.41. The molecule has 0 aromatic carbocycles. The molecule has 1 aromatic heterocycles. The minimum atomic E-state index is -3.56. The zero-order valence-corrected chi connectivity index (χ0v) is 13.2. The van der Waals surface area contributed by atoms with Crippen molar-refractivity contribution in [3.05, 3.63) is 11.8 Å². The zero-order chi connectivity index (χ0) is 15.1. The standard InChI is InChI=1S/C13H24N4O3S/c1-14-9-11-10-15-17-13(11)21(18,19)16-7-8-20-12-5-3-2-4-6-12/h10,12,14,16H,2-9H2,1H3,(H,15,17). The molecule has 0 saturated heterocycles. The Bertz CT molecular complexity index is 523. The molecular formula is C13H24N4O3S. The lowest BCUT2D eigenvalue weighted by Gasteiger charge is -2.21. The van der Waals surface area contributed by atoms with Crippen LogP contribution in [0.5, 0.6) is 0 Å². The molecule has 1 aliphatic carbocycles. The second-order valence-electron chi connectivity index (χ2n) is 5.28. The summed E-state index contributed by atoms with van der Waals surface area (Å²) in [5.41, 5.74) is 0.623. The topological polar surface area (TPSA) is 96.1 Å². The summed E-state index contributed by atoms with van der Waals surface area (Å²) in [5, 5.41) is 9.37. The average molecular weight is 316 g/mol. The molecule has 1 saturated carbocycles. The molecule has 0 bridgehead atoms. The van der Waals surface area contributed by atoms with Gasteiger partial charge in [0.25, 0.3) is 10.0 Å². The molecular weight excluding hydrogens is 292 g/mol. The zero-order valence-electron chi connectivity index (χ0n) is 12.4. The smallest absolute Gasteiger partial charge is 0.257 e. The van der Waals surface area contributed by atoms with Crippen molar-refractivity contribution in [3.8, 4) is 0 Å². The molecule has 0 amide bonds. The van der Waals surface area contributed by atoms with Crippen molar-refractivity contribution in [2.24, 2.45) is 0 Å². The first-order chi connectivity index (χ1) is 10.1. The van der Waals surface area contributed by atoms with Gasteiger partial charge < -0.3 is 10.1 Å². The molecule has 1 aliphatic rings. The molecule has 3 N–H and O–H groups in total. The summed E-state index contributed by atoms with van der Waals surface area (Å²) in [4.78, 5) is 0. The van der Waals surface area contributed by atoms with Gasteiger partial charge in [0, 0.05) is 18.7 Å². The maximum absolute atomic E-state index is 12.2. The Labute approximate surface area is 125 Å². The van der Waals surface area contributed by atoms with Gasteiger partial charge in [-0.2, -0.15) is 5.10 Å². The third-order valence-electron chi connectivity index (χ3n) is 3.61. The number of sulfonamides is 1. The van der Waals surface area contributed by atoms with Gasteiger partial charge in [0.2, 0.25) is 0 Å². The first-order valence-corrected chi connectivity index (χ1v) is 8.90. The Kier molecular flexibility index (Phi) is 6.16. The minimum Gasteiger partial charge on any atom is -0.377 e. The number of nitrogens with zero attached hydrogens (tertiary/aromatic N) is 1. The van der Waals surface area contributed by atoms with E-state index in [9.17, 15) is 8.42 Å². The molecule has 0 spiro atoms. The van der Waals surface area contributed by atoms with Crippen LogP contribution in [0.4, 0.5) is 0 Å². The van der Waals surface area contributed by atoms with Crippen LogP contribution < -0.4 is 10.0 Å². The SMILES string of the molecule is CNCc1cn[nH]c1S(=O)(=O)NCCOC1CCCCC1. The highest BCUT2D eigenvalue weighted by molar-refractivity contribution is 7.89. The third kappa shape index (κ3) is 4.77. The second kappa shape index (κ2) is 7.88. The number of rotatable bonds is 8. The summed E-state index contributed by atoms with van der Waals surface area (Å²) in [7, 11) is -1.80. The minimum absolute atomic E-state index is 0.120. The summed E-state index contributed by atoms with van der Waals surface area (Å²) in [5.74, 6) is 0. The molecule has 2 rings (SSSR count). The molecule has 7 nitrogen and oxygen atoms in total. The molecule has 1 fully saturated rings. The summed E-state index contributed by atoms with van der Waals surface area (Å²) in [6.45, 7) is 1.13. The third-order valence-corrected chi connectivity index (χ3v) is 5.09. The molecule has 0 aliphatic heterocycles. The average Bonchev–Trinajstić information content (AvgIpc) is 2.94. The van der Waals surface area contributed by atoms with E-state index in [-0.39, 0.29) is 17.7 Å². The maximum Gasteiger partial charge on any atom is 0.257 e. The van der Waals surface area contributed by atoms with E-state index in [2.05, 4.69) is 20.2 Å². The van der Waals surface area contributed by atoms with Crippen molar-refractivity contribution >= 4 is 10.0 Å².